The molecule has 0 spiro atoms. The number of ether oxygens (including phenoxy) is 3. The van der Waals surface area contributed by atoms with Crippen LogP contribution in [0.15, 0.2) is 0 Å². The maximum Gasteiger partial charge on any atom is 0.306 e. The summed E-state index contributed by atoms with van der Waals surface area (Å²) in [7, 11) is 0. The van der Waals surface area contributed by atoms with Crippen molar-refractivity contribution >= 4 is 17.9 Å². The van der Waals surface area contributed by atoms with E-state index in [-0.39, 0.29) is 31.1 Å². The molecule has 440 valence electrons. The SMILES string of the molecule is CCCCCCCCCCCCCCCCCCCCCCCCCCCCCCCC(=O)OCC(COC(=O)CCCCCCCCCC)OC(=O)CCCCCCCCCCCCCCCCCCCCC. The van der Waals surface area contributed by atoms with Crippen LogP contribution in [-0.2, 0) is 28.6 Å². The normalized spacial score (nSPS) is 11.9. The van der Waals surface area contributed by atoms with Gasteiger partial charge < -0.3 is 14.2 Å². The average molecular weight is 1050 g/mol. The van der Waals surface area contributed by atoms with Crippen LogP contribution in [0.1, 0.15) is 400 Å². The molecule has 0 aromatic heterocycles. The molecule has 1 atom stereocenters. The van der Waals surface area contributed by atoms with Gasteiger partial charge in [0.25, 0.3) is 0 Å². The Balaban J connectivity index is 4.01. The third kappa shape index (κ3) is 61.3. The quantitative estimate of drug-likeness (QED) is 0.0343. The third-order valence-electron chi connectivity index (χ3n) is 15.9. The highest BCUT2D eigenvalue weighted by Gasteiger charge is 2.19. The Hall–Kier alpha value is -1.59. The van der Waals surface area contributed by atoms with Crippen molar-refractivity contribution in [3.63, 3.8) is 0 Å². The number of carbonyl (C=O) groups is 3. The van der Waals surface area contributed by atoms with Crippen molar-refractivity contribution in [1.29, 1.82) is 0 Å². The third-order valence-corrected chi connectivity index (χ3v) is 15.9. The first kappa shape index (κ1) is 72.4. The number of carbonyl (C=O) groups excluding carboxylic acids is 3. The van der Waals surface area contributed by atoms with Crippen molar-refractivity contribution < 1.29 is 28.6 Å². The molecule has 0 rings (SSSR count). The Morgan fingerprint density at radius 2 is 0.365 bits per heavy atom. The molecule has 0 aliphatic rings. The summed E-state index contributed by atoms with van der Waals surface area (Å²) in [4.78, 5) is 38.2. The smallest absolute Gasteiger partial charge is 0.306 e. The molecule has 0 bridgehead atoms. The molecule has 6 heteroatoms. The zero-order chi connectivity index (χ0) is 53.6. The van der Waals surface area contributed by atoms with Gasteiger partial charge in [0.2, 0.25) is 0 Å². The van der Waals surface area contributed by atoms with E-state index in [9.17, 15) is 14.4 Å². The Morgan fingerprint density at radius 1 is 0.216 bits per heavy atom. The van der Waals surface area contributed by atoms with Crippen molar-refractivity contribution in [2.75, 3.05) is 13.2 Å². The maximum absolute atomic E-state index is 12.9. The minimum atomic E-state index is -0.761. The van der Waals surface area contributed by atoms with Crippen LogP contribution in [0.2, 0.25) is 0 Å². The monoisotopic (exact) mass is 1050 g/mol. The topological polar surface area (TPSA) is 78.9 Å². The first-order valence-electron chi connectivity index (χ1n) is 34.0. The summed E-state index contributed by atoms with van der Waals surface area (Å²) in [6, 6.07) is 0. The first-order valence-corrected chi connectivity index (χ1v) is 34.0. The van der Waals surface area contributed by atoms with E-state index in [1.54, 1.807) is 0 Å². The summed E-state index contributed by atoms with van der Waals surface area (Å²) in [5.74, 6) is -0.832. The molecule has 0 aromatic rings. The molecule has 0 heterocycles. The van der Waals surface area contributed by atoms with Gasteiger partial charge in [0.15, 0.2) is 6.10 Å². The Morgan fingerprint density at radius 3 is 0.541 bits per heavy atom. The lowest BCUT2D eigenvalue weighted by Gasteiger charge is -2.18. The van der Waals surface area contributed by atoms with Crippen LogP contribution in [0.3, 0.4) is 0 Å². The van der Waals surface area contributed by atoms with Crippen LogP contribution in [0, 0.1) is 0 Å². The summed E-state index contributed by atoms with van der Waals surface area (Å²) in [6.45, 7) is 6.70. The minimum Gasteiger partial charge on any atom is -0.462 e. The van der Waals surface area contributed by atoms with E-state index in [4.69, 9.17) is 14.2 Å². The van der Waals surface area contributed by atoms with Crippen LogP contribution < -0.4 is 0 Å². The highest BCUT2D eigenvalue weighted by molar-refractivity contribution is 5.71. The average Bonchev–Trinajstić information content (AvgIpc) is 3.40. The highest BCUT2D eigenvalue weighted by atomic mass is 16.6. The fourth-order valence-corrected chi connectivity index (χ4v) is 10.7. The molecule has 6 nitrogen and oxygen atoms in total. The molecule has 1 unspecified atom stereocenters. The second-order valence-electron chi connectivity index (χ2n) is 23.5. The van der Waals surface area contributed by atoms with Gasteiger partial charge in [-0.2, -0.15) is 0 Å². The number of hydrogen-bond acceptors (Lipinski definition) is 6. The van der Waals surface area contributed by atoms with Crippen LogP contribution >= 0.6 is 0 Å². The van der Waals surface area contributed by atoms with Gasteiger partial charge >= 0.3 is 17.9 Å². The Bertz CT molecular complexity index is 1110. The molecule has 74 heavy (non-hydrogen) atoms. The number of rotatable bonds is 64. The number of unbranched alkanes of at least 4 members (excludes halogenated alkanes) is 53. The van der Waals surface area contributed by atoms with Crippen LogP contribution in [-0.4, -0.2) is 37.2 Å². The summed E-state index contributed by atoms with van der Waals surface area (Å²) in [5.41, 5.74) is 0. The second-order valence-corrected chi connectivity index (χ2v) is 23.5. The molecule has 0 saturated heterocycles. The van der Waals surface area contributed by atoms with Crippen molar-refractivity contribution in [3.05, 3.63) is 0 Å². The van der Waals surface area contributed by atoms with E-state index in [0.717, 1.165) is 57.8 Å². The first-order chi connectivity index (χ1) is 36.5. The Kier molecular flexibility index (Phi) is 62.6. The molecular formula is C68H132O6. The summed E-state index contributed by atoms with van der Waals surface area (Å²) in [6.07, 6.45) is 74.4. The summed E-state index contributed by atoms with van der Waals surface area (Å²) in [5, 5.41) is 0. The van der Waals surface area contributed by atoms with E-state index in [0.29, 0.717) is 19.3 Å². The predicted molar refractivity (Wildman–Crippen MR) is 321 cm³/mol. The predicted octanol–water partition coefficient (Wildman–Crippen LogP) is 23.1. The lowest BCUT2D eigenvalue weighted by molar-refractivity contribution is -0.167. The van der Waals surface area contributed by atoms with Gasteiger partial charge in [0.1, 0.15) is 13.2 Å². The molecule has 0 aliphatic heterocycles. The molecular weight excluding hydrogens is 913 g/mol. The van der Waals surface area contributed by atoms with Gasteiger partial charge in [0.05, 0.1) is 0 Å². The molecule has 0 N–H and O–H groups in total. The molecule has 0 saturated carbocycles. The van der Waals surface area contributed by atoms with Crippen molar-refractivity contribution in [1.82, 2.24) is 0 Å². The van der Waals surface area contributed by atoms with Crippen LogP contribution in [0.5, 0.6) is 0 Å². The van der Waals surface area contributed by atoms with Crippen molar-refractivity contribution in [3.8, 4) is 0 Å². The van der Waals surface area contributed by atoms with E-state index in [1.807, 2.05) is 0 Å². The molecule has 0 amide bonds. The van der Waals surface area contributed by atoms with E-state index in [1.165, 1.54) is 302 Å². The van der Waals surface area contributed by atoms with Gasteiger partial charge in [-0.1, -0.05) is 361 Å². The summed E-state index contributed by atoms with van der Waals surface area (Å²) >= 11 is 0. The maximum atomic E-state index is 12.9. The van der Waals surface area contributed by atoms with Gasteiger partial charge in [-0.05, 0) is 19.3 Å². The highest BCUT2D eigenvalue weighted by Crippen LogP contribution is 2.19. The van der Waals surface area contributed by atoms with Crippen molar-refractivity contribution in [2.45, 2.75) is 406 Å². The lowest BCUT2D eigenvalue weighted by atomic mass is 10.0. The molecule has 0 aliphatic carbocycles. The van der Waals surface area contributed by atoms with E-state index in [2.05, 4.69) is 20.8 Å². The van der Waals surface area contributed by atoms with Gasteiger partial charge in [0, 0.05) is 19.3 Å². The second kappa shape index (κ2) is 63.9. The van der Waals surface area contributed by atoms with Crippen LogP contribution in [0.25, 0.3) is 0 Å². The summed E-state index contributed by atoms with van der Waals surface area (Å²) < 4.78 is 16.9. The zero-order valence-corrected chi connectivity index (χ0v) is 50.7. The van der Waals surface area contributed by atoms with Crippen molar-refractivity contribution in [2.24, 2.45) is 0 Å². The fraction of sp³-hybridized carbons (Fsp3) is 0.956. The van der Waals surface area contributed by atoms with Gasteiger partial charge in [-0.3, -0.25) is 14.4 Å². The number of hydrogen-bond donors (Lipinski definition) is 0. The Labute approximate surface area is 463 Å². The van der Waals surface area contributed by atoms with E-state index >= 15 is 0 Å². The molecule has 0 aromatic carbocycles. The standard InChI is InChI=1S/C68H132O6/c1-4-7-10-13-16-19-21-23-25-27-29-30-31-32-33-34-35-36-37-38-40-41-43-45-47-49-52-55-58-61-67(70)73-64-65(63-72-66(69)60-57-54-51-18-15-12-9-6-3)74-68(71)62-59-56-53-50-48-46-44-42-39-28-26-24-22-20-17-14-11-8-5-2/h65H,4-64H2,1-3H3. The van der Waals surface area contributed by atoms with Gasteiger partial charge in [-0.25, -0.2) is 0 Å². The van der Waals surface area contributed by atoms with Gasteiger partial charge in [-0.15, -0.1) is 0 Å². The number of esters is 3. The molecule has 0 fully saturated rings. The van der Waals surface area contributed by atoms with Crippen LogP contribution in [0.4, 0.5) is 0 Å². The van der Waals surface area contributed by atoms with E-state index < -0.39 is 6.10 Å². The fourth-order valence-electron chi connectivity index (χ4n) is 10.7. The largest absolute Gasteiger partial charge is 0.462 e. The lowest BCUT2D eigenvalue weighted by Crippen LogP contribution is -2.30. The zero-order valence-electron chi connectivity index (χ0n) is 50.7. The minimum absolute atomic E-state index is 0.0611. The molecule has 0 radical (unpaired) electrons.